The van der Waals surface area contributed by atoms with Crippen molar-refractivity contribution in [2.75, 3.05) is 6.54 Å². The van der Waals surface area contributed by atoms with Crippen LogP contribution in [0.25, 0.3) is 0 Å². The van der Waals surface area contributed by atoms with E-state index >= 15 is 0 Å². The number of hydrogen-bond donors (Lipinski definition) is 2. The molecule has 0 radical (unpaired) electrons. The van der Waals surface area contributed by atoms with Gasteiger partial charge in [-0.05, 0) is 25.8 Å². The van der Waals surface area contributed by atoms with Gasteiger partial charge in [0.25, 0.3) is 0 Å². The Labute approximate surface area is 160 Å². The van der Waals surface area contributed by atoms with Crippen LogP contribution in [-0.2, 0) is 9.59 Å². The summed E-state index contributed by atoms with van der Waals surface area (Å²) in [6.45, 7) is 1.92. The van der Waals surface area contributed by atoms with Gasteiger partial charge in [-0.3, -0.25) is 9.59 Å². The molecule has 2 N–H and O–H groups in total. The van der Waals surface area contributed by atoms with Gasteiger partial charge in [-0.15, -0.1) is 11.6 Å². The normalized spacial score (nSPS) is 30.8. The summed E-state index contributed by atoms with van der Waals surface area (Å²) < 4.78 is 0. The Bertz CT molecular complexity index is 653. The van der Waals surface area contributed by atoms with Gasteiger partial charge in [0.05, 0.1) is 5.38 Å². The molecule has 2 aliphatic rings. The predicted molar refractivity (Wildman–Crippen MR) is 101 cm³/mol. The van der Waals surface area contributed by atoms with Gasteiger partial charge in [-0.2, -0.15) is 0 Å². The van der Waals surface area contributed by atoms with Gasteiger partial charge >= 0.3 is 0 Å². The summed E-state index contributed by atoms with van der Waals surface area (Å²) >= 11 is 15.7. The average molecular weight is 434 g/mol. The van der Waals surface area contributed by atoms with Crippen molar-refractivity contribution in [3.05, 3.63) is 46.4 Å². The molecule has 1 aliphatic carbocycles. The summed E-state index contributed by atoms with van der Waals surface area (Å²) in [4.78, 5) is 24.7. The highest BCUT2D eigenvalue weighted by Crippen LogP contribution is 2.20. The monoisotopic (exact) mass is 432 g/mol. The van der Waals surface area contributed by atoms with Crippen LogP contribution in [-0.4, -0.2) is 28.3 Å². The van der Waals surface area contributed by atoms with Crippen molar-refractivity contribution < 1.29 is 9.59 Å². The Kier molecular flexibility index (Phi) is 7.14. The molecule has 24 heavy (non-hydrogen) atoms. The van der Waals surface area contributed by atoms with Gasteiger partial charge < -0.3 is 10.6 Å². The molecule has 2 unspecified atom stereocenters. The number of nitrogens with one attached hydrogen (secondary N) is 2. The van der Waals surface area contributed by atoms with E-state index in [-0.39, 0.29) is 33.8 Å². The molecule has 2 atom stereocenters. The topological polar surface area (TPSA) is 58.2 Å². The fourth-order valence-electron chi connectivity index (χ4n) is 2.40. The molecular weight excluding hydrogens is 415 g/mol. The van der Waals surface area contributed by atoms with Crippen molar-refractivity contribution in [1.29, 1.82) is 0 Å². The zero-order valence-corrected chi connectivity index (χ0v) is 16.3. The molecule has 0 saturated heterocycles. The van der Waals surface area contributed by atoms with Gasteiger partial charge in [0.2, 0.25) is 0 Å². The second-order valence-corrected chi connectivity index (χ2v) is 8.01. The van der Waals surface area contributed by atoms with Crippen LogP contribution in [0.2, 0.25) is 0 Å². The van der Waals surface area contributed by atoms with Crippen molar-refractivity contribution in [3.8, 4) is 0 Å². The van der Waals surface area contributed by atoms with E-state index in [1.807, 2.05) is 24.3 Å². The highest BCUT2D eigenvalue weighted by Gasteiger charge is 2.23. The van der Waals surface area contributed by atoms with E-state index in [1.54, 1.807) is 0 Å². The first-order chi connectivity index (χ1) is 11.4. The number of ketones is 2. The maximum absolute atomic E-state index is 12.5. The molecule has 2 rings (SSSR count). The summed E-state index contributed by atoms with van der Waals surface area (Å²) in [6, 6.07) is 0. The van der Waals surface area contributed by atoms with Crippen LogP contribution in [0.15, 0.2) is 46.4 Å². The van der Waals surface area contributed by atoms with Gasteiger partial charge in [0, 0.05) is 28.5 Å². The third-order valence-corrected chi connectivity index (χ3v) is 4.93. The Morgan fingerprint density at radius 2 is 2.12 bits per heavy atom. The molecule has 1 aliphatic heterocycles. The molecule has 7 heteroatoms. The Hall–Kier alpha value is -1.04. The molecule has 0 saturated carbocycles. The second-order valence-electron chi connectivity index (χ2n) is 5.67. The summed E-state index contributed by atoms with van der Waals surface area (Å²) in [5.74, 6) is -0.198. The first-order valence-corrected chi connectivity index (χ1v) is 9.40. The number of alkyl halides is 2. The largest absolute Gasteiger partial charge is 0.370 e. The number of rotatable bonds is 3. The molecule has 130 valence electrons. The van der Waals surface area contributed by atoms with Crippen LogP contribution in [0.4, 0.5) is 0 Å². The van der Waals surface area contributed by atoms with Gasteiger partial charge in [-0.25, -0.2) is 0 Å². The number of hydrogen-bond acceptors (Lipinski definition) is 4. The summed E-state index contributed by atoms with van der Waals surface area (Å²) in [5, 5.41) is 6.74. The lowest BCUT2D eigenvalue weighted by Crippen LogP contribution is -2.35. The summed E-state index contributed by atoms with van der Waals surface area (Å²) in [7, 11) is 0. The Morgan fingerprint density at radius 3 is 2.75 bits per heavy atom. The van der Waals surface area contributed by atoms with Crippen molar-refractivity contribution >= 4 is 50.7 Å². The van der Waals surface area contributed by atoms with Crippen LogP contribution >= 0.6 is 39.1 Å². The summed E-state index contributed by atoms with van der Waals surface area (Å²) in [5.41, 5.74) is 0.899. The van der Waals surface area contributed by atoms with Crippen molar-refractivity contribution in [1.82, 2.24) is 10.6 Å². The maximum Gasteiger partial charge on any atom is 0.175 e. The first kappa shape index (κ1) is 19.3. The van der Waals surface area contributed by atoms with Crippen molar-refractivity contribution in [2.45, 2.75) is 36.4 Å². The molecule has 0 aromatic carbocycles. The highest BCUT2D eigenvalue weighted by molar-refractivity contribution is 9.09. The fourth-order valence-corrected chi connectivity index (χ4v) is 3.13. The van der Waals surface area contributed by atoms with E-state index < -0.39 is 0 Å². The molecule has 0 fully saturated rings. The number of allylic oxidation sites excluding steroid dienone is 6. The molecule has 0 aromatic heterocycles. The lowest BCUT2D eigenvalue weighted by atomic mass is 10.0. The minimum atomic E-state index is -0.304. The number of halogens is 3. The van der Waals surface area contributed by atoms with E-state index in [9.17, 15) is 9.59 Å². The number of carbonyl (C=O) groups is 2. The third kappa shape index (κ3) is 5.50. The number of Topliss-reactive ketones (excluding diaryl/α,β-unsaturated/α-hetero) is 2. The Morgan fingerprint density at radius 1 is 1.38 bits per heavy atom. The van der Waals surface area contributed by atoms with E-state index in [0.29, 0.717) is 30.2 Å². The molecule has 0 amide bonds. The predicted octanol–water partition coefficient (Wildman–Crippen LogP) is 3.67. The van der Waals surface area contributed by atoms with Crippen LogP contribution in [0.5, 0.6) is 0 Å². The zero-order chi connectivity index (χ0) is 17.7. The van der Waals surface area contributed by atoms with Gasteiger partial charge in [-0.1, -0.05) is 45.8 Å². The second kappa shape index (κ2) is 8.88. The van der Waals surface area contributed by atoms with Crippen molar-refractivity contribution in [2.24, 2.45) is 0 Å². The molecule has 0 aromatic rings. The molecule has 0 bridgehead atoms. The summed E-state index contributed by atoms with van der Waals surface area (Å²) in [6.07, 6.45) is 8.85. The van der Waals surface area contributed by atoms with E-state index in [2.05, 4.69) is 26.6 Å². The third-order valence-electron chi connectivity index (χ3n) is 3.62. The average Bonchev–Trinajstić information content (AvgIpc) is 2.51. The van der Waals surface area contributed by atoms with Crippen LogP contribution in [0, 0.1) is 0 Å². The lowest BCUT2D eigenvalue weighted by molar-refractivity contribution is -0.120. The quantitative estimate of drug-likeness (QED) is 0.526. The zero-order valence-electron chi connectivity index (χ0n) is 13.2. The minimum absolute atomic E-state index is 0.0156. The van der Waals surface area contributed by atoms with Crippen LogP contribution in [0.3, 0.4) is 0 Å². The van der Waals surface area contributed by atoms with E-state index in [0.717, 1.165) is 5.70 Å². The first-order valence-electron chi connectivity index (χ1n) is 7.67. The standard InChI is InChI=1S/C17H19BrCl2N2O2/c1-10(23)16-15(24)8-13(20)3-2-11(18)9-21-17(16)22-14-6-4-12(19)5-7-14/h3-4,6-7,11-12,21-22H,2,5,8-9H2,1H3/b13-3+,17-16+. The Balaban J connectivity index is 2.35. The lowest BCUT2D eigenvalue weighted by Gasteiger charge is -2.21. The maximum atomic E-state index is 12.5. The fraction of sp³-hybridized carbons (Fsp3) is 0.412. The van der Waals surface area contributed by atoms with Crippen molar-refractivity contribution in [3.63, 3.8) is 0 Å². The highest BCUT2D eigenvalue weighted by atomic mass is 79.9. The minimum Gasteiger partial charge on any atom is -0.370 e. The van der Waals surface area contributed by atoms with Crippen LogP contribution in [0.1, 0.15) is 26.2 Å². The van der Waals surface area contributed by atoms with Gasteiger partial charge in [0.15, 0.2) is 11.6 Å². The van der Waals surface area contributed by atoms with E-state index in [4.69, 9.17) is 23.2 Å². The molecule has 1 heterocycles. The van der Waals surface area contributed by atoms with Gasteiger partial charge in [0.1, 0.15) is 11.4 Å². The van der Waals surface area contributed by atoms with Crippen LogP contribution < -0.4 is 10.6 Å². The molecule has 4 nitrogen and oxygen atoms in total. The smallest absolute Gasteiger partial charge is 0.175 e. The van der Waals surface area contributed by atoms with E-state index in [1.165, 1.54) is 6.92 Å². The SMILES string of the molecule is CC(=O)/C1=C(\NC2=CCC(Cl)C=C2)NCC(Br)C/C=C(/Cl)CC1=O. The molecule has 0 spiro atoms. The number of carbonyl (C=O) groups excluding carboxylic acids is 2. The molecular formula is C17H19BrCl2N2O2.